The molecule has 1 fully saturated rings. The maximum atomic E-state index is 4.01. The van der Waals surface area contributed by atoms with Crippen molar-refractivity contribution in [1.29, 1.82) is 0 Å². The molecule has 0 spiro atoms. The first kappa shape index (κ1) is 10.1. The molecule has 0 amide bonds. The van der Waals surface area contributed by atoms with E-state index in [0.29, 0.717) is 0 Å². The first-order valence-electron chi connectivity index (χ1n) is 5.33. The van der Waals surface area contributed by atoms with Crippen molar-refractivity contribution in [2.45, 2.75) is 32.7 Å². The van der Waals surface area contributed by atoms with Crippen LogP contribution in [0.2, 0.25) is 0 Å². The summed E-state index contributed by atoms with van der Waals surface area (Å²) in [6, 6.07) is 0. The Hall–Kier alpha value is -0.480. The summed E-state index contributed by atoms with van der Waals surface area (Å²) in [7, 11) is 0. The minimum Gasteiger partial charge on any atom is -0.311 e. The number of nitrogens with one attached hydrogen (secondary N) is 1. The van der Waals surface area contributed by atoms with Crippen molar-refractivity contribution in [3.63, 3.8) is 0 Å². The van der Waals surface area contributed by atoms with Crippen LogP contribution in [-0.4, -0.2) is 16.1 Å². The van der Waals surface area contributed by atoms with Gasteiger partial charge in [0.2, 0.25) is 0 Å². The molecule has 2 unspecified atom stereocenters. The fourth-order valence-electron chi connectivity index (χ4n) is 2.17. The molecule has 2 rings (SSSR count). The summed E-state index contributed by atoms with van der Waals surface area (Å²) in [5.41, 5.74) is 1.07. The lowest BCUT2D eigenvalue weighted by molar-refractivity contribution is 0.391. The Balaban J connectivity index is 1.68. The van der Waals surface area contributed by atoms with Crippen LogP contribution >= 0.6 is 11.5 Å². The SMILES string of the molecule is CC1CCCC1CNCc1csnn1. The highest BCUT2D eigenvalue weighted by molar-refractivity contribution is 7.03. The van der Waals surface area contributed by atoms with Crippen LogP contribution in [0.15, 0.2) is 5.38 Å². The minimum atomic E-state index is 0.875. The molecule has 0 saturated heterocycles. The lowest BCUT2D eigenvalue weighted by atomic mass is 9.98. The standard InChI is InChI=1S/C10H17N3S/c1-8-3-2-4-9(8)5-11-6-10-7-14-13-12-10/h7-9,11H,2-6H2,1H3. The van der Waals surface area contributed by atoms with E-state index in [2.05, 4.69) is 21.8 Å². The number of rotatable bonds is 4. The van der Waals surface area contributed by atoms with Crippen molar-refractivity contribution >= 4 is 11.5 Å². The second-order valence-electron chi connectivity index (χ2n) is 4.20. The Labute approximate surface area is 89.1 Å². The molecule has 0 bridgehead atoms. The van der Waals surface area contributed by atoms with E-state index in [9.17, 15) is 0 Å². The van der Waals surface area contributed by atoms with E-state index in [1.807, 2.05) is 5.38 Å². The van der Waals surface area contributed by atoms with Gasteiger partial charge < -0.3 is 5.32 Å². The van der Waals surface area contributed by atoms with Crippen molar-refractivity contribution in [2.24, 2.45) is 11.8 Å². The summed E-state index contributed by atoms with van der Waals surface area (Å²) in [4.78, 5) is 0. The molecule has 1 aromatic rings. The van der Waals surface area contributed by atoms with Gasteiger partial charge in [-0.3, -0.25) is 0 Å². The molecule has 1 heterocycles. The third-order valence-electron chi connectivity index (χ3n) is 3.16. The van der Waals surface area contributed by atoms with Gasteiger partial charge in [0.15, 0.2) is 0 Å². The van der Waals surface area contributed by atoms with Gasteiger partial charge in [-0.25, -0.2) is 0 Å². The van der Waals surface area contributed by atoms with Crippen LogP contribution in [0, 0.1) is 11.8 Å². The Morgan fingerprint density at radius 1 is 1.57 bits per heavy atom. The predicted molar refractivity (Wildman–Crippen MR) is 58.1 cm³/mol. The van der Waals surface area contributed by atoms with Crippen molar-refractivity contribution in [3.8, 4) is 0 Å². The van der Waals surface area contributed by atoms with Crippen LogP contribution < -0.4 is 5.32 Å². The summed E-state index contributed by atoms with van der Waals surface area (Å²) in [6.45, 7) is 4.38. The summed E-state index contributed by atoms with van der Waals surface area (Å²) >= 11 is 1.42. The summed E-state index contributed by atoms with van der Waals surface area (Å²) in [5, 5.41) is 9.47. The van der Waals surface area contributed by atoms with E-state index in [4.69, 9.17) is 0 Å². The minimum absolute atomic E-state index is 0.875. The van der Waals surface area contributed by atoms with E-state index in [1.165, 1.54) is 30.8 Å². The number of hydrogen-bond acceptors (Lipinski definition) is 4. The molecule has 1 N–H and O–H groups in total. The topological polar surface area (TPSA) is 37.8 Å². The van der Waals surface area contributed by atoms with Gasteiger partial charge in [-0.2, -0.15) is 0 Å². The van der Waals surface area contributed by atoms with Crippen LogP contribution in [0.5, 0.6) is 0 Å². The molecule has 0 aromatic carbocycles. The second-order valence-corrected chi connectivity index (χ2v) is 4.81. The van der Waals surface area contributed by atoms with Crippen molar-refractivity contribution in [1.82, 2.24) is 14.9 Å². The van der Waals surface area contributed by atoms with Gasteiger partial charge >= 0.3 is 0 Å². The largest absolute Gasteiger partial charge is 0.311 e. The first-order chi connectivity index (χ1) is 6.86. The normalized spacial score (nSPS) is 26.9. The molecule has 1 aromatic heterocycles. The van der Waals surface area contributed by atoms with E-state index >= 15 is 0 Å². The van der Waals surface area contributed by atoms with Crippen LogP contribution in [0.3, 0.4) is 0 Å². The zero-order valence-electron chi connectivity index (χ0n) is 8.57. The van der Waals surface area contributed by atoms with Crippen molar-refractivity contribution < 1.29 is 0 Å². The highest BCUT2D eigenvalue weighted by Crippen LogP contribution is 2.30. The molecule has 0 radical (unpaired) electrons. The third-order valence-corrected chi connectivity index (χ3v) is 3.71. The quantitative estimate of drug-likeness (QED) is 0.828. The Morgan fingerprint density at radius 3 is 3.14 bits per heavy atom. The van der Waals surface area contributed by atoms with Gasteiger partial charge in [-0.15, -0.1) is 5.10 Å². The Bertz CT molecular complexity index is 260. The van der Waals surface area contributed by atoms with Gasteiger partial charge in [0.05, 0.1) is 5.69 Å². The fraction of sp³-hybridized carbons (Fsp3) is 0.800. The highest BCUT2D eigenvalue weighted by atomic mass is 32.1. The van der Waals surface area contributed by atoms with Crippen molar-refractivity contribution in [2.75, 3.05) is 6.54 Å². The average Bonchev–Trinajstić information content (AvgIpc) is 2.78. The van der Waals surface area contributed by atoms with Gasteiger partial charge in [-0.05, 0) is 36.3 Å². The summed E-state index contributed by atoms with van der Waals surface area (Å²) < 4.78 is 3.84. The predicted octanol–water partition coefficient (Wildman–Crippen LogP) is 2.06. The smallest absolute Gasteiger partial charge is 0.0893 e. The van der Waals surface area contributed by atoms with Crippen LogP contribution in [-0.2, 0) is 6.54 Å². The van der Waals surface area contributed by atoms with Gasteiger partial charge in [0.25, 0.3) is 0 Å². The van der Waals surface area contributed by atoms with Gasteiger partial charge in [0.1, 0.15) is 0 Å². The van der Waals surface area contributed by atoms with E-state index in [-0.39, 0.29) is 0 Å². The molecule has 2 atom stereocenters. The molecule has 1 aliphatic carbocycles. The van der Waals surface area contributed by atoms with E-state index in [1.54, 1.807) is 0 Å². The monoisotopic (exact) mass is 211 g/mol. The van der Waals surface area contributed by atoms with Crippen LogP contribution in [0.1, 0.15) is 31.9 Å². The van der Waals surface area contributed by atoms with Gasteiger partial charge in [-0.1, -0.05) is 24.3 Å². The van der Waals surface area contributed by atoms with E-state index < -0.39 is 0 Å². The molecular formula is C10H17N3S. The molecule has 14 heavy (non-hydrogen) atoms. The average molecular weight is 211 g/mol. The van der Waals surface area contributed by atoms with Crippen LogP contribution in [0.25, 0.3) is 0 Å². The lowest BCUT2D eigenvalue weighted by Crippen LogP contribution is -2.24. The number of nitrogens with zero attached hydrogens (tertiary/aromatic N) is 2. The molecule has 3 nitrogen and oxygen atoms in total. The molecule has 1 aliphatic rings. The Kier molecular flexibility index (Phi) is 3.48. The zero-order chi connectivity index (χ0) is 9.80. The van der Waals surface area contributed by atoms with Gasteiger partial charge in [0, 0.05) is 11.9 Å². The summed E-state index contributed by atoms with van der Waals surface area (Å²) in [5.74, 6) is 1.78. The molecular weight excluding hydrogens is 194 g/mol. The number of hydrogen-bond donors (Lipinski definition) is 1. The van der Waals surface area contributed by atoms with E-state index in [0.717, 1.165) is 30.6 Å². The Morgan fingerprint density at radius 2 is 2.50 bits per heavy atom. The zero-order valence-corrected chi connectivity index (χ0v) is 9.39. The molecule has 4 heteroatoms. The number of aromatic nitrogens is 2. The second kappa shape index (κ2) is 4.84. The maximum Gasteiger partial charge on any atom is 0.0893 e. The van der Waals surface area contributed by atoms with Crippen molar-refractivity contribution in [3.05, 3.63) is 11.1 Å². The third kappa shape index (κ3) is 2.51. The maximum absolute atomic E-state index is 4.01. The van der Waals surface area contributed by atoms with Crippen LogP contribution in [0.4, 0.5) is 0 Å². The molecule has 1 saturated carbocycles. The fourth-order valence-corrected chi connectivity index (χ4v) is 2.62. The molecule has 0 aliphatic heterocycles. The molecule has 78 valence electrons. The first-order valence-corrected chi connectivity index (χ1v) is 6.16. The lowest BCUT2D eigenvalue weighted by Gasteiger charge is -2.15. The summed E-state index contributed by atoms with van der Waals surface area (Å²) in [6.07, 6.45) is 4.21. The highest BCUT2D eigenvalue weighted by Gasteiger charge is 2.22.